The van der Waals surface area contributed by atoms with Crippen molar-refractivity contribution in [2.45, 2.75) is 33.1 Å². The van der Waals surface area contributed by atoms with Gasteiger partial charge in [0.15, 0.2) is 0 Å². The summed E-state index contributed by atoms with van der Waals surface area (Å²) in [6, 6.07) is 9.96. The number of anilines is 2. The van der Waals surface area contributed by atoms with E-state index in [1.54, 1.807) is 0 Å². The molecule has 0 bridgehead atoms. The Morgan fingerprint density at radius 3 is 2.30 bits per heavy atom. The van der Waals surface area contributed by atoms with E-state index in [4.69, 9.17) is 5.26 Å². The first-order chi connectivity index (χ1) is 9.65. The highest BCUT2D eigenvalue weighted by Crippen LogP contribution is 2.41. The highest BCUT2D eigenvalue weighted by atomic mass is 16.2. The van der Waals surface area contributed by atoms with Gasteiger partial charge in [-0.15, -0.1) is 0 Å². The molecule has 0 aliphatic heterocycles. The predicted molar refractivity (Wildman–Crippen MR) is 80.5 cm³/mol. The Morgan fingerprint density at radius 1 is 1.30 bits per heavy atom. The van der Waals surface area contributed by atoms with E-state index >= 15 is 0 Å². The number of amides is 1. The standard InChI is InChI=1S/C16H21N3O/c1-3-19(4-2)14-8-6-13(7-9-14)18-15(20)16(12-17)10-5-11-16/h6-9H,3-5,10-11H2,1-2H3,(H,18,20). The maximum absolute atomic E-state index is 12.1. The second-order valence-corrected chi connectivity index (χ2v) is 5.22. The van der Waals surface area contributed by atoms with Gasteiger partial charge < -0.3 is 10.2 Å². The second-order valence-electron chi connectivity index (χ2n) is 5.22. The average molecular weight is 271 g/mol. The summed E-state index contributed by atoms with van der Waals surface area (Å²) < 4.78 is 0. The number of nitriles is 1. The van der Waals surface area contributed by atoms with Crippen LogP contribution < -0.4 is 10.2 Å². The van der Waals surface area contributed by atoms with Gasteiger partial charge in [-0.3, -0.25) is 4.79 Å². The maximum atomic E-state index is 12.1. The molecular weight excluding hydrogens is 250 g/mol. The second kappa shape index (κ2) is 5.96. The molecule has 0 saturated heterocycles. The summed E-state index contributed by atoms with van der Waals surface area (Å²) in [5, 5.41) is 12.0. The molecule has 0 unspecified atom stereocenters. The zero-order chi connectivity index (χ0) is 14.6. The minimum Gasteiger partial charge on any atom is -0.372 e. The van der Waals surface area contributed by atoms with Crippen LogP contribution in [0.3, 0.4) is 0 Å². The number of benzene rings is 1. The van der Waals surface area contributed by atoms with Gasteiger partial charge in [-0.2, -0.15) is 5.26 Å². The number of carbonyl (C=O) groups excluding carboxylic acids is 1. The molecule has 1 aromatic carbocycles. The lowest BCUT2D eigenvalue weighted by Gasteiger charge is -2.33. The number of carbonyl (C=O) groups is 1. The molecule has 4 heteroatoms. The lowest BCUT2D eigenvalue weighted by atomic mass is 9.69. The summed E-state index contributed by atoms with van der Waals surface area (Å²) in [5.41, 5.74) is 1.11. The van der Waals surface area contributed by atoms with Crippen LogP contribution in [-0.4, -0.2) is 19.0 Å². The molecule has 1 aliphatic rings. The fourth-order valence-corrected chi connectivity index (χ4v) is 2.52. The SMILES string of the molecule is CCN(CC)c1ccc(NC(=O)C2(C#N)CCC2)cc1. The van der Waals surface area contributed by atoms with E-state index < -0.39 is 5.41 Å². The van der Waals surface area contributed by atoms with Crippen LogP contribution in [0.25, 0.3) is 0 Å². The van der Waals surface area contributed by atoms with Crippen LogP contribution in [0.5, 0.6) is 0 Å². The lowest BCUT2D eigenvalue weighted by Crippen LogP contribution is -2.40. The van der Waals surface area contributed by atoms with Gasteiger partial charge in [0, 0.05) is 24.5 Å². The average Bonchev–Trinajstić information content (AvgIpc) is 2.41. The Bertz CT molecular complexity index is 508. The van der Waals surface area contributed by atoms with Gasteiger partial charge in [0.2, 0.25) is 5.91 Å². The Kier molecular flexibility index (Phi) is 4.29. The first kappa shape index (κ1) is 14.4. The summed E-state index contributed by atoms with van der Waals surface area (Å²) in [5.74, 6) is -0.165. The number of nitrogens with one attached hydrogen (secondary N) is 1. The number of hydrogen-bond acceptors (Lipinski definition) is 3. The third-order valence-electron chi connectivity index (χ3n) is 4.11. The van der Waals surface area contributed by atoms with Gasteiger partial charge in [0.1, 0.15) is 5.41 Å². The normalized spacial score (nSPS) is 15.8. The van der Waals surface area contributed by atoms with E-state index in [9.17, 15) is 4.79 Å². The number of nitrogens with zero attached hydrogens (tertiary/aromatic N) is 2. The topological polar surface area (TPSA) is 56.1 Å². The quantitative estimate of drug-likeness (QED) is 0.895. The van der Waals surface area contributed by atoms with Gasteiger partial charge in [0.05, 0.1) is 6.07 Å². The molecule has 4 nitrogen and oxygen atoms in total. The predicted octanol–water partition coefficient (Wildman–Crippen LogP) is 3.17. The van der Waals surface area contributed by atoms with Crippen LogP contribution >= 0.6 is 0 Å². The van der Waals surface area contributed by atoms with E-state index in [0.29, 0.717) is 12.8 Å². The zero-order valence-corrected chi connectivity index (χ0v) is 12.1. The van der Waals surface area contributed by atoms with Gasteiger partial charge in [-0.1, -0.05) is 0 Å². The van der Waals surface area contributed by atoms with Crippen LogP contribution in [-0.2, 0) is 4.79 Å². The van der Waals surface area contributed by atoms with E-state index in [0.717, 1.165) is 30.9 Å². The molecule has 1 aliphatic carbocycles. The van der Waals surface area contributed by atoms with Crippen molar-refractivity contribution in [1.82, 2.24) is 0 Å². The Labute approximate surface area is 120 Å². The largest absolute Gasteiger partial charge is 0.372 e. The van der Waals surface area contributed by atoms with E-state index in [1.807, 2.05) is 24.3 Å². The third kappa shape index (κ3) is 2.62. The summed E-state index contributed by atoms with van der Waals surface area (Å²) in [6.45, 7) is 6.15. The van der Waals surface area contributed by atoms with Crippen molar-refractivity contribution in [2.75, 3.05) is 23.3 Å². The fraction of sp³-hybridized carbons (Fsp3) is 0.500. The summed E-state index contributed by atoms with van der Waals surface area (Å²) in [7, 11) is 0. The molecule has 1 fully saturated rings. The smallest absolute Gasteiger partial charge is 0.244 e. The van der Waals surface area contributed by atoms with Crippen LogP contribution in [0.4, 0.5) is 11.4 Å². The third-order valence-corrected chi connectivity index (χ3v) is 4.11. The highest BCUT2D eigenvalue weighted by molar-refractivity contribution is 5.97. The maximum Gasteiger partial charge on any atom is 0.244 e. The van der Waals surface area contributed by atoms with Gasteiger partial charge in [-0.05, 0) is 57.4 Å². The van der Waals surface area contributed by atoms with Crippen molar-refractivity contribution in [1.29, 1.82) is 5.26 Å². The van der Waals surface area contributed by atoms with Crippen molar-refractivity contribution >= 4 is 17.3 Å². The van der Waals surface area contributed by atoms with Crippen LogP contribution in [0.2, 0.25) is 0 Å². The minimum atomic E-state index is -0.794. The van der Waals surface area contributed by atoms with Crippen molar-refractivity contribution in [3.63, 3.8) is 0 Å². The lowest BCUT2D eigenvalue weighted by molar-refractivity contribution is -0.126. The zero-order valence-electron chi connectivity index (χ0n) is 12.1. The van der Waals surface area contributed by atoms with Gasteiger partial charge in [0.25, 0.3) is 0 Å². The Morgan fingerprint density at radius 2 is 1.90 bits per heavy atom. The molecular formula is C16H21N3O. The van der Waals surface area contributed by atoms with E-state index in [1.165, 1.54) is 0 Å². The van der Waals surface area contributed by atoms with E-state index in [2.05, 4.69) is 30.1 Å². The summed E-state index contributed by atoms with van der Waals surface area (Å²) in [6.07, 6.45) is 2.31. The van der Waals surface area contributed by atoms with Crippen molar-refractivity contribution < 1.29 is 4.79 Å². The van der Waals surface area contributed by atoms with Gasteiger partial charge >= 0.3 is 0 Å². The molecule has 2 rings (SSSR count). The first-order valence-electron chi connectivity index (χ1n) is 7.23. The number of hydrogen-bond donors (Lipinski definition) is 1. The molecule has 0 radical (unpaired) electrons. The van der Waals surface area contributed by atoms with Gasteiger partial charge in [-0.25, -0.2) is 0 Å². The monoisotopic (exact) mass is 271 g/mol. The molecule has 1 saturated carbocycles. The molecule has 0 atom stereocenters. The minimum absolute atomic E-state index is 0.165. The molecule has 1 amide bonds. The molecule has 0 heterocycles. The van der Waals surface area contributed by atoms with Crippen LogP contribution in [0.15, 0.2) is 24.3 Å². The first-order valence-corrected chi connectivity index (χ1v) is 7.23. The summed E-state index contributed by atoms with van der Waals surface area (Å²) >= 11 is 0. The Hall–Kier alpha value is -2.02. The number of rotatable bonds is 5. The summed E-state index contributed by atoms with van der Waals surface area (Å²) in [4.78, 5) is 14.4. The highest BCUT2D eigenvalue weighted by Gasteiger charge is 2.44. The fourth-order valence-electron chi connectivity index (χ4n) is 2.52. The molecule has 0 aromatic heterocycles. The van der Waals surface area contributed by atoms with Crippen LogP contribution in [0, 0.1) is 16.7 Å². The molecule has 1 aromatic rings. The Balaban J connectivity index is 2.04. The van der Waals surface area contributed by atoms with Crippen molar-refractivity contribution in [3.05, 3.63) is 24.3 Å². The van der Waals surface area contributed by atoms with Crippen LogP contribution in [0.1, 0.15) is 33.1 Å². The van der Waals surface area contributed by atoms with Crippen molar-refractivity contribution in [3.8, 4) is 6.07 Å². The van der Waals surface area contributed by atoms with E-state index in [-0.39, 0.29) is 5.91 Å². The molecule has 20 heavy (non-hydrogen) atoms. The molecule has 106 valence electrons. The van der Waals surface area contributed by atoms with Crippen molar-refractivity contribution in [2.24, 2.45) is 5.41 Å². The molecule has 1 N–H and O–H groups in total. The molecule has 0 spiro atoms.